The van der Waals surface area contributed by atoms with Gasteiger partial charge in [-0.3, -0.25) is 4.90 Å². The van der Waals surface area contributed by atoms with Crippen LogP contribution in [-0.2, 0) is 18.6 Å². The lowest BCUT2D eigenvalue weighted by molar-refractivity contribution is -0.0384. The molecule has 4 aromatic rings. The molecule has 39 heavy (non-hydrogen) atoms. The number of hydrogen-bond acceptors (Lipinski definition) is 8. The smallest absolute Gasteiger partial charge is 0.153 e. The number of halogens is 4. The Morgan fingerprint density at radius 1 is 1.08 bits per heavy atom. The van der Waals surface area contributed by atoms with Crippen molar-refractivity contribution in [2.24, 2.45) is 0 Å². The van der Waals surface area contributed by atoms with Crippen molar-refractivity contribution < 1.29 is 13.9 Å². The molecule has 0 spiro atoms. The van der Waals surface area contributed by atoms with Crippen molar-refractivity contribution in [2.75, 3.05) is 37.6 Å². The molecule has 0 unspecified atom stereocenters. The molecule has 1 aliphatic heterocycles. The Bertz CT molecular complexity index is 1390. The minimum absolute atomic E-state index is 0.0947. The van der Waals surface area contributed by atoms with Crippen LogP contribution in [0.1, 0.15) is 24.4 Å². The van der Waals surface area contributed by atoms with E-state index in [0.717, 1.165) is 44.0 Å². The van der Waals surface area contributed by atoms with Crippen molar-refractivity contribution in [1.82, 2.24) is 39.9 Å². The number of para-hydroxylation sites is 1. The molecular formula is C25H27Cl2F2N9O. The Morgan fingerprint density at radius 2 is 1.82 bits per heavy atom. The van der Waals surface area contributed by atoms with Crippen LogP contribution in [0.4, 0.5) is 14.5 Å². The molecule has 2 aromatic carbocycles. The van der Waals surface area contributed by atoms with E-state index in [1.54, 1.807) is 6.92 Å². The van der Waals surface area contributed by atoms with Crippen molar-refractivity contribution in [2.45, 2.75) is 31.5 Å². The average molecular weight is 578 g/mol. The quantitative estimate of drug-likeness (QED) is 0.323. The molecule has 2 aromatic heterocycles. The van der Waals surface area contributed by atoms with Crippen LogP contribution in [0.2, 0.25) is 10.0 Å². The van der Waals surface area contributed by atoms with Crippen LogP contribution in [0.3, 0.4) is 0 Å². The van der Waals surface area contributed by atoms with Gasteiger partial charge in [-0.15, -0.1) is 5.10 Å². The second-order valence-electron chi connectivity index (χ2n) is 9.51. The molecule has 0 bridgehead atoms. The van der Waals surface area contributed by atoms with Crippen molar-refractivity contribution in [3.05, 3.63) is 82.1 Å². The number of nitrogens with zero attached hydrogens (tertiary/aromatic N) is 9. The van der Waals surface area contributed by atoms with E-state index in [0.29, 0.717) is 28.8 Å². The lowest BCUT2D eigenvalue weighted by Crippen LogP contribution is -2.47. The van der Waals surface area contributed by atoms with E-state index in [4.69, 9.17) is 23.2 Å². The molecule has 5 rings (SSSR count). The van der Waals surface area contributed by atoms with Gasteiger partial charge in [0.25, 0.3) is 0 Å². The first-order chi connectivity index (χ1) is 18.8. The van der Waals surface area contributed by atoms with E-state index < -0.39 is 23.3 Å². The van der Waals surface area contributed by atoms with Crippen molar-refractivity contribution >= 4 is 28.9 Å². The molecule has 2 atom stereocenters. The van der Waals surface area contributed by atoms with Gasteiger partial charge in [0.15, 0.2) is 5.82 Å². The molecule has 0 radical (unpaired) electrons. The summed E-state index contributed by atoms with van der Waals surface area (Å²) in [4.78, 5) is 8.37. The van der Waals surface area contributed by atoms with Crippen molar-refractivity contribution in [3.8, 4) is 0 Å². The van der Waals surface area contributed by atoms with E-state index in [9.17, 15) is 13.9 Å². The topological polar surface area (TPSA) is 101 Å². The van der Waals surface area contributed by atoms with Gasteiger partial charge in [0.2, 0.25) is 0 Å². The van der Waals surface area contributed by atoms with Crippen LogP contribution in [-0.4, -0.2) is 77.7 Å². The van der Waals surface area contributed by atoms with Gasteiger partial charge < -0.3 is 10.0 Å². The number of benzene rings is 2. The van der Waals surface area contributed by atoms with Gasteiger partial charge in [-0.25, -0.2) is 23.1 Å². The first kappa shape index (κ1) is 27.4. The molecule has 1 N–H and O–H groups in total. The molecule has 1 fully saturated rings. The van der Waals surface area contributed by atoms with Crippen LogP contribution < -0.4 is 4.90 Å². The maximum absolute atomic E-state index is 14.9. The maximum atomic E-state index is 14.9. The van der Waals surface area contributed by atoms with Gasteiger partial charge in [-0.05, 0) is 35.5 Å². The molecule has 1 saturated heterocycles. The van der Waals surface area contributed by atoms with Crippen LogP contribution >= 0.6 is 23.2 Å². The highest BCUT2D eigenvalue weighted by Gasteiger charge is 2.42. The Labute approximate surface area is 233 Å². The highest BCUT2D eigenvalue weighted by atomic mass is 35.5. The summed E-state index contributed by atoms with van der Waals surface area (Å²) in [7, 11) is 0. The summed E-state index contributed by atoms with van der Waals surface area (Å²) in [6.07, 6.45) is 3.22. The maximum Gasteiger partial charge on any atom is 0.153 e. The fourth-order valence-electron chi connectivity index (χ4n) is 4.97. The third kappa shape index (κ3) is 5.74. The number of aromatic nitrogens is 7. The van der Waals surface area contributed by atoms with E-state index in [-0.39, 0.29) is 12.1 Å². The van der Waals surface area contributed by atoms with Crippen LogP contribution in [0.15, 0.2) is 49.1 Å². The number of tetrazole rings is 1. The summed E-state index contributed by atoms with van der Waals surface area (Å²) >= 11 is 12.8. The zero-order valence-corrected chi connectivity index (χ0v) is 22.6. The third-order valence-corrected chi connectivity index (χ3v) is 7.77. The first-order valence-corrected chi connectivity index (χ1v) is 13.2. The standard InChI is InChI=1S/C25H27Cl2F2N9O/c1-17(25(39,14-37-16-30-15-31-37)19-6-5-18(28)13-22(19)29)38-23(32-33-34-38)7-8-35-9-11-36(12-10-35)24-20(26)3-2-4-21(24)27/h2-6,13,15-17,39H,7-12,14H2,1H3/t17-,25+/m0/s1. The largest absolute Gasteiger partial charge is 0.381 e. The SMILES string of the molecule is C[C@H](n1nnnc1CCN1CCN(c2c(Cl)cccc2Cl)CC1)[C@](O)(Cn1cncn1)c1ccc(F)cc1F. The summed E-state index contributed by atoms with van der Waals surface area (Å²) in [5.41, 5.74) is -1.12. The van der Waals surface area contributed by atoms with E-state index in [1.165, 1.54) is 28.1 Å². The predicted octanol–water partition coefficient (Wildman–Crippen LogP) is 3.36. The van der Waals surface area contributed by atoms with Gasteiger partial charge in [0.1, 0.15) is 29.9 Å². The molecular weight excluding hydrogens is 551 g/mol. The van der Waals surface area contributed by atoms with Crippen LogP contribution in [0.5, 0.6) is 0 Å². The Balaban J connectivity index is 1.30. The molecule has 3 heterocycles. The van der Waals surface area contributed by atoms with Gasteiger partial charge >= 0.3 is 0 Å². The Kier molecular flexibility index (Phi) is 8.08. The zero-order valence-electron chi connectivity index (χ0n) is 21.1. The molecule has 0 aliphatic carbocycles. The van der Waals surface area contributed by atoms with Crippen LogP contribution in [0, 0.1) is 11.6 Å². The molecule has 10 nitrogen and oxygen atoms in total. The summed E-state index contributed by atoms with van der Waals surface area (Å²) in [6.45, 7) is 5.29. The Hall–Kier alpha value is -3.19. The lowest BCUT2D eigenvalue weighted by atomic mass is 9.86. The highest BCUT2D eigenvalue weighted by Crippen LogP contribution is 2.37. The summed E-state index contributed by atoms with van der Waals surface area (Å²) in [5, 5.41) is 29.3. The van der Waals surface area contributed by atoms with Crippen LogP contribution in [0.25, 0.3) is 0 Å². The fraction of sp³-hybridized carbons (Fsp3) is 0.400. The first-order valence-electron chi connectivity index (χ1n) is 12.4. The summed E-state index contributed by atoms with van der Waals surface area (Å²) in [6, 6.07) is 7.74. The number of aliphatic hydroxyl groups is 1. The molecule has 1 aliphatic rings. The van der Waals surface area contributed by atoms with Gasteiger partial charge in [-0.1, -0.05) is 35.3 Å². The average Bonchev–Trinajstić information content (AvgIpc) is 3.59. The van der Waals surface area contributed by atoms with E-state index in [2.05, 4.69) is 35.4 Å². The van der Waals surface area contributed by atoms with Crippen molar-refractivity contribution in [3.63, 3.8) is 0 Å². The van der Waals surface area contributed by atoms with E-state index >= 15 is 0 Å². The van der Waals surface area contributed by atoms with E-state index in [1.807, 2.05) is 18.2 Å². The normalized spacial score (nSPS) is 16.8. The highest BCUT2D eigenvalue weighted by molar-refractivity contribution is 6.39. The molecule has 0 saturated carbocycles. The van der Waals surface area contributed by atoms with Crippen molar-refractivity contribution in [1.29, 1.82) is 0 Å². The monoisotopic (exact) mass is 577 g/mol. The predicted molar refractivity (Wildman–Crippen MR) is 142 cm³/mol. The number of piperazine rings is 1. The van der Waals surface area contributed by atoms with Gasteiger partial charge in [0.05, 0.1) is 28.3 Å². The lowest BCUT2D eigenvalue weighted by Gasteiger charge is -2.37. The number of hydrogen-bond donors (Lipinski definition) is 1. The molecule has 0 amide bonds. The zero-order chi connectivity index (χ0) is 27.6. The molecule has 14 heteroatoms. The summed E-state index contributed by atoms with van der Waals surface area (Å²) in [5.74, 6) is -1.10. The minimum Gasteiger partial charge on any atom is -0.381 e. The third-order valence-electron chi connectivity index (χ3n) is 7.16. The number of rotatable bonds is 9. The number of anilines is 1. The fourth-order valence-corrected chi connectivity index (χ4v) is 5.61. The van der Waals surface area contributed by atoms with Gasteiger partial charge in [0, 0.05) is 50.8 Å². The summed E-state index contributed by atoms with van der Waals surface area (Å²) < 4.78 is 31.5. The second-order valence-corrected chi connectivity index (χ2v) is 10.3. The Morgan fingerprint density at radius 3 is 2.49 bits per heavy atom. The second kappa shape index (κ2) is 11.5. The molecule has 206 valence electrons. The van der Waals surface area contributed by atoms with Gasteiger partial charge in [-0.2, -0.15) is 5.10 Å². The minimum atomic E-state index is -1.87.